The van der Waals surface area contributed by atoms with E-state index in [4.69, 9.17) is 20.2 Å². The van der Waals surface area contributed by atoms with Gasteiger partial charge in [0.05, 0.1) is 18.1 Å². The molecule has 0 unspecified atom stereocenters. The Labute approximate surface area is 381 Å². The predicted molar refractivity (Wildman–Crippen MR) is 249 cm³/mol. The minimum absolute atomic E-state index is 0.0597. The average Bonchev–Trinajstić information content (AvgIpc) is 3.31. The highest BCUT2D eigenvalue weighted by molar-refractivity contribution is 8.13. The summed E-state index contributed by atoms with van der Waals surface area (Å²) in [5, 5.41) is 5.70. The molecular formula is C51H45ClF2N2O6S2. The Kier molecular flexibility index (Phi) is 17.8. The summed E-state index contributed by atoms with van der Waals surface area (Å²) in [5.74, 6) is -0.353. The van der Waals surface area contributed by atoms with Gasteiger partial charge in [-0.2, -0.15) is 0 Å². The molecule has 13 heteroatoms. The summed E-state index contributed by atoms with van der Waals surface area (Å²) in [7, 11) is 1.47. The summed E-state index contributed by atoms with van der Waals surface area (Å²) < 4.78 is 60.8. The van der Waals surface area contributed by atoms with Gasteiger partial charge >= 0.3 is 0 Å². The molecule has 7 aromatic rings. The van der Waals surface area contributed by atoms with Crippen molar-refractivity contribution < 1.29 is 36.3 Å². The quantitative estimate of drug-likeness (QED) is 0.0651. The van der Waals surface area contributed by atoms with Crippen molar-refractivity contribution in [3.63, 3.8) is 0 Å². The molecule has 0 aliphatic carbocycles. The van der Waals surface area contributed by atoms with E-state index in [0.29, 0.717) is 18.5 Å². The van der Waals surface area contributed by atoms with Crippen molar-refractivity contribution in [3.05, 3.63) is 228 Å². The van der Waals surface area contributed by atoms with Gasteiger partial charge in [-0.1, -0.05) is 115 Å². The zero-order chi connectivity index (χ0) is 45.2. The van der Waals surface area contributed by atoms with Crippen LogP contribution in [-0.2, 0) is 59.9 Å². The van der Waals surface area contributed by atoms with Gasteiger partial charge < -0.3 is 20.1 Å². The number of benzene rings is 7. The van der Waals surface area contributed by atoms with Gasteiger partial charge in [0.25, 0.3) is 20.9 Å². The molecule has 0 fully saturated rings. The van der Waals surface area contributed by atoms with Crippen molar-refractivity contribution in [2.45, 2.75) is 53.8 Å². The van der Waals surface area contributed by atoms with Crippen LogP contribution in [-0.4, -0.2) is 32.4 Å². The molecule has 0 bridgehead atoms. The van der Waals surface area contributed by atoms with Gasteiger partial charge in [-0.25, -0.2) is 17.2 Å². The second-order valence-electron chi connectivity index (χ2n) is 14.5. The third kappa shape index (κ3) is 15.9. The molecule has 0 radical (unpaired) electrons. The lowest BCUT2D eigenvalue weighted by molar-refractivity contribution is -0.128. The van der Waals surface area contributed by atoms with Crippen LogP contribution in [0.1, 0.15) is 27.8 Å². The van der Waals surface area contributed by atoms with Crippen LogP contribution in [0.15, 0.2) is 198 Å². The first-order chi connectivity index (χ1) is 31.0. The Hall–Kier alpha value is -6.15. The van der Waals surface area contributed by atoms with E-state index in [9.17, 15) is 26.8 Å². The predicted octanol–water partition coefficient (Wildman–Crippen LogP) is 11.4. The van der Waals surface area contributed by atoms with E-state index in [2.05, 4.69) is 22.8 Å². The van der Waals surface area contributed by atoms with Crippen molar-refractivity contribution in [2.75, 3.05) is 10.6 Å². The van der Waals surface area contributed by atoms with Crippen LogP contribution in [0.25, 0.3) is 0 Å². The number of halogens is 3. The lowest BCUT2D eigenvalue weighted by Gasteiger charge is -2.18. The first kappa shape index (κ1) is 47.3. The Bertz CT molecular complexity index is 2630. The van der Waals surface area contributed by atoms with Crippen LogP contribution in [0.4, 0.5) is 20.2 Å². The van der Waals surface area contributed by atoms with Crippen molar-refractivity contribution in [3.8, 4) is 0 Å². The van der Waals surface area contributed by atoms with E-state index < -0.39 is 21.3 Å². The van der Waals surface area contributed by atoms with E-state index in [0.717, 1.165) is 38.6 Å². The average molecular weight is 920 g/mol. The lowest BCUT2D eigenvalue weighted by atomic mass is 10.1. The highest BCUT2D eigenvalue weighted by Crippen LogP contribution is 2.25. The third-order valence-electron chi connectivity index (χ3n) is 9.62. The standard InChI is InChI=1S/C29H26FNO2S.C22H19ClFNO4S/c30-25-13-11-23(12-14-25)20-33-28(19-22-7-3-1-4-8-22)29(32)31-26-15-17-27(18-16-26)34-21-24-9-5-2-6-10-24;23-30(27,28)20-12-10-19(11-13-20)25-22(26)21(14-16-4-2-1-3-5-16)29-15-17-6-8-18(24)9-7-17/h1-18,28H,19-21H2,(H,31,32);1-13,21H,14-15H2,(H,25,26)/t28-;21-/m00/s1. The number of rotatable bonds is 18. The summed E-state index contributed by atoms with van der Waals surface area (Å²) in [6, 6.07) is 54.8. The molecule has 0 heterocycles. The van der Waals surface area contributed by atoms with E-state index in [-0.39, 0.29) is 41.6 Å². The second kappa shape index (κ2) is 24.1. The molecule has 7 rings (SSSR count). The van der Waals surface area contributed by atoms with Crippen LogP contribution in [0.2, 0.25) is 0 Å². The molecule has 0 spiro atoms. The SMILES string of the molecule is O=C(Nc1ccc(S(=O)(=O)Cl)cc1)[C@H](Cc1ccccc1)OCc1ccc(F)cc1.O=C(Nc1ccc(SCc2ccccc2)cc1)[C@H](Cc1ccccc1)OCc1ccc(F)cc1. The zero-order valence-corrected chi connectivity index (χ0v) is 36.9. The molecule has 0 aliphatic rings. The highest BCUT2D eigenvalue weighted by Gasteiger charge is 2.22. The molecule has 7 aromatic carbocycles. The number of thioether (sulfide) groups is 1. The van der Waals surface area contributed by atoms with Crippen LogP contribution in [0.5, 0.6) is 0 Å². The number of hydrogen-bond acceptors (Lipinski definition) is 7. The Morgan fingerprint density at radius 1 is 0.500 bits per heavy atom. The fourth-order valence-corrected chi connectivity index (χ4v) is 7.81. The minimum atomic E-state index is -3.84. The summed E-state index contributed by atoms with van der Waals surface area (Å²) in [6.45, 7) is 0.356. The maximum absolute atomic E-state index is 13.2. The zero-order valence-electron chi connectivity index (χ0n) is 34.5. The number of hydrogen-bond donors (Lipinski definition) is 2. The molecule has 8 nitrogen and oxygen atoms in total. The first-order valence-electron chi connectivity index (χ1n) is 20.2. The van der Waals surface area contributed by atoms with E-state index >= 15 is 0 Å². The Balaban J connectivity index is 0.000000214. The van der Waals surface area contributed by atoms with Crippen LogP contribution >= 0.6 is 22.4 Å². The number of nitrogens with one attached hydrogen (secondary N) is 2. The van der Waals surface area contributed by atoms with Crippen LogP contribution in [0, 0.1) is 11.6 Å². The van der Waals surface area contributed by atoms with E-state index in [1.54, 1.807) is 36.0 Å². The topological polar surface area (TPSA) is 111 Å². The molecule has 0 aliphatic heterocycles. The Morgan fingerprint density at radius 2 is 0.875 bits per heavy atom. The smallest absolute Gasteiger partial charge is 0.261 e. The highest BCUT2D eigenvalue weighted by atomic mass is 35.7. The van der Waals surface area contributed by atoms with Gasteiger partial charge in [0.2, 0.25) is 0 Å². The molecule has 2 amide bonds. The number of ether oxygens (including phenoxy) is 2. The van der Waals surface area contributed by atoms with Crippen molar-refractivity contribution in [2.24, 2.45) is 0 Å². The maximum atomic E-state index is 13.2. The van der Waals surface area contributed by atoms with E-state index in [1.165, 1.54) is 54.1 Å². The molecule has 0 saturated carbocycles. The summed E-state index contributed by atoms with van der Waals surface area (Å²) in [6.07, 6.45) is -0.713. The molecule has 2 N–H and O–H groups in total. The van der Waals surface area contributed by atoms with Crippen molar-refractivity contribution >= 4 is 54.7 Å². The van der Waals surface area contributed by atoms with Gasteiger partial charge in [0.15, 0.2) is 0 Å². The largest absolute Gasteiger partial charge is 0.363 e. The van der Waals surface area contributed by atoms with E-state index in [1.807, 2.05) is 103 Å². The van der Waals surface area contributed by atoms with Gasteiger partial charge in [-0.05, 0) is 101 Å². The fourth-order valence-electron chi connectivity index (χ4n) is 6.19. The normalized spacial score (nSPS) is 12.0. The number of amides is 2. The van der Waals surface area contributed by atoms with Gasteiger partial charge in [-0.3, -0.25) is 9.59 Å². The lowest BCUT2D eigenvalue weighted by Crippen LogP contribution is -2.32. The van der Waals surface area contributed by atoms with Crippen molar-refractivity contribution in [1.29, 1.82) is 0 Å². The molecule has 64 heavy (non-hydrogen) atoms. The minimum Gasteiger partial charge on any atom is -0.363 e. The Morgan fingerprint density at radius 3 is 1.27 bits per heavy atom. The maximum Gasteiger partial charge on any atom is 0.261 e. The van der Waals surface area contributed by atoms with Gasteiger partial charge in [0.1, 0.15) is 23.8 Å². The van der Waals surface area contributed by atoms with Crippen LogP contribution in [0.3, 0.4) is 0 Å². The number of carbonyl (C=O) groups excluding carboxylic acids is 2. The summed E-state index contributed by atoms with van der Waals surface area (Å²) in [5.41, 5.74) is 5.87. The monoisotopic (exact) mass is 918 g/mol. The molecular weight excluding hydrogens is 874 g/mol. The number of carbonyl (C=O) groups is 2. The van der Waals surface area contributed by atoms with Gasteiger partial charge in [0, 0.05) is 45.5 Å². The fraction of sp³-hybridized carbons (Fsp3) is 0.137. The van der Waals surface area contributed by atoms with Crippen molar-refractivity contribution in [1.82, 2.24) is 0 Å². The summed E-state index contributed by atoms with van der Waals surface area (Å²) in [4.78, 5) is 27.0. The second-order valence-corrected chi connectivity index (χ2v) is 18.1. The molecule has 328 valence electrons. The molecule has 2 atom stereocenters. The molecule has 0 saturated heterocycles. The van der Waals surface area contributed by atoms with Gasteiger partial charge in [-0.15, -0.1) is 11.8 Å². The summed E-state index contributed by atoms with van der Waals surface area (Å²) >= 11 is 1.75. The first-order valence-corrected chi connectivity index (χ1v) is 23.5. The molecule has 0 aromatic heterocycles. The number of anilines is 2. The third-order valence-corrected chi connectivity index (χ3v) is 12.1. The van der Waals surface area contributed by atoms with Crippen LogP contribution < -0.4 is 10.6 Å².